The van der Waals surface area contributed by atoms with Crippen LogP contribution >= 0.6 is 31.9 Å². The quantitative estimate of drug-likeness (QED) is 0.720. The van der Waals surface area contributed by atoms with E-state index >= 15 is 0 Å². The van der Waals surface area contributed by atoms with Crippen LogP contribution in [0.1, 0.15) is 16.0 Å². The first-order valence-corrected chi connectivity index (χ1v) is 9.53. The first-order chi connectivity index (χ1) is 9.88. The van der Waals surface area contributed by atoms with Crippen molar-refractivity contribution in [1.29, 1.82) is 0 Å². The van der Waals surface area contributed by atoms with E-state index < -0.39 is 10.0 Å². The summed E-state index contributed by atoms with van der Waals surface area (Å²) in [5.74, 6) is 0. The second kappa shape index (κ2) is 7.05. The molecule has 0 aromatic heterocycles. The fourth-order valence-corrected chi connectivity index (χ4v) is 3.77. The molecule has 0 saturated heterocycles. The van der Waals surface area contributed by atoms with Gasteiger partial charge in [0.15, 0.2) is 0 Å². The van der Waals surface area contributed by atoms with E-state index in [2.05, 4.69) is 36.6 Å². The largest absolute Gasteiger partial charge is 0.240 e. The molecular weight excluding hydrogens is 418 g/mol. The number of halogens is 2. The third-order valence-corrected chi connectivity index (χ3v) is 5.84. The van der Waals surface area contributed by atoms with E-state index in [9.17, 15) is 8.42 Å². The molecule has 1 atom stereocenters. The molecule has 2 rings (SSSR count). The fraction of sp³-hybridized carbons (Fsp3) is 0.200. The van der Waals surface area contributed by atoms with Crippen molar-refractivity contribution < 1.29 is 8.42 Å². The number of alkyl halides is 1. The SMILES string of the molecule is Cc1ccc(S(=O)(=O)NCC(Br)c2ccc(Br)cc2)cc1. The Morgan fingerprint density at radius 1 is 1.05 bits per heavy atom. The van der Waals surface area contributed by atoms with Crippen molar-refractivity contribution in [2.45, 2.75) is 16.6 Å². The smallest absolute Gasteiger partial charge is 0.210 e. The van der Waals surface area contributed by atoms with E-state index in [1.165, 1.54) is 0 Å². The molecule has 0 aliphatic heterocycles. The Kier molecular flexibility index (Phi) is 5.60. The first kappa shape index (κ1) is 16.7. The van der Waals surface area contributed by atoms with Gasteiger partial charge in [0.05, 0.1) is 9.72 Å². The normalized spacial score (nSPS) is 13.1. The van der Waals surface area contributed by atoms with Crippen LogP contribution in [0.5, 0.6) is 0 Å². The molecule has 1 unspecified atom stereocenters. The number of benzene rings is 2. The van der Waals surface area contributed by atoms with Crippen molar-refractivity contribution in [2.75, 3.05) is 6.54 Å². The van der Waals surface area contributed by atoms with Gasteiger partial charge in [-0.3, -0.25) is 0 Å². The molecule has 0 fully saturated rings. The third kappa shape index (κ3) is 4.64. The highest BCUT2D eigenvalue weighted by molar-refractivity contribution is 9.10. The highest BCUT2D eigenvalue weighted by Gasteiger charge is 2.16. The van der Waals surface area contributed by atoms with Crippen LogP contribution in [-0.4, -0.2) is 15.0 Å². The van der Waals surface area contributed by atoms with Crippen molar-refractivity contribution in [2.24, 2.45) is 0 Å². The van der Waals surface area contributed by atoms with Gasteiger partial charge in [0, 0.05) is 11.0 Å². The summed E-state index contributed by atoms with van der Waals surface area (Å²) in [5.41, 5.74) is 2.05. The van der Waals surface area contributed by atoms with Gasteiger partial charge in [0.2, 0.25) is 10.0 Å². The minimum atomic E-state index is -3.48. The van der Waals surface area contributed by atoms with Crippen LogP contribution in [0.3, 0.4) is 0 Å². The molecule has 0 aliphatic carbocycles. The van der Waals surface area contributed by atoms with Crippen molar-refractivity contribution in [1.82, 2.24) is 4.72 Å². The first-order valence-electron chi connectivity index (χ1n) is 6.34. The van der Waals surface area contributed by atoms with Crippen LogP contribution in [0, 0.1) is 6.92 Å². The number of hydrogen-bond donors (Lipinski definition) is 1. The Morgan fingerprint density at radius 2 is 1.62 bits per heavy atom. The van der Waals surface area contributed by atoms with E-state index in [-0.39, 0.29) is 16.3 Å². The van der Waals surface area contributed by atoms with E-state index in [0.717, 1.165) is 15.6 Å². The minimum absolute atomic E-state index is 0.0779. The van der Waals surface area contributed by atoms with Crippen molar-refractivity contribution in [3.8, 4) is 0 Å². The average molecular weight is 433 g/mol. The van der Waals surface area contributed by atoms with E-state index in [4.69, 9.17) is 0 Å². The molecule has 21 heavy (non-hydrogen) atoms. The van der Waals surface area contributed by atoms with Crippen LogP contribution in [0.25, 0.3) is 0 Å². The lowest BCUT2D eigenvalue weighted by atomic mass is 10.2. The molecule has 112 valence electrons. The lowest BCUT2D eigenvalue weighted by Crippen LogP contribution is -2.27. The van der Waals surface area contributed by atoms with Gasteiger partial charge in [0.1, 0.15) is 0 Å². The zero-order valence-corrected chi connectivity index (χ0v) is 15.4. The minimum Gasteiger partial charge on any atom is -0.210 e. The van der Waals surface area contributed by atoms with Crippen LogP contribution in [0.4, 0.5) is 0 Å². The zero-order valence-electron chi connectivity index (χ0n) is 11.4. The summed E-state index contributed by atoms with van der Waals surface area (Å²) >= 11 is 6.88. The molecule has 0 heterocycles. The molecule has 0 bridgehead atoms. The number of rotatable bonds is 5. The molecular formula is C15H15Br2NO2S. The molecule has 2 aromatic carbocycles. The summed E-state index contributed by atoms with van der Waals surface area (Å²) < 4.78 is 28.0. The number of sulfonamides is 1. The highest BCUT2D eigenvalue weighted by Crippen LogP contribution is 2.24. The monoisotopic (exact) mass is 431 g/mol. The molecule has 6 heteroatoms. The molecule has 0 radical (unpaired) electrons. The average Bonchev–Trinajstić information content (AvgIpc) is 2.46. The second-order valence-electron chi connectivity index (χ2n) is 4.68. The number of aryl methyl sites for hydroxylation is 1. The number of nitrogens with one attached hydrogen (secondary N) is 1. The van der Waals surface area contributed by atoms with E-state index in [0.29, 0.717) is 0 Å². The summed E-state index contributed by atoms with van der Waals surface area (Å²) in [6.45, 7) is 2.21. The summed E-state index contributed by atoms with van der Waals surface area (Å²) in [6.07, 6.45) is 0. The van der Waals surface area contributed by atoms with Gasteiger partial charge < -0.3 is 0 Å². The Bertz CT molecular complexity index is 697. The van der Waals surface area contributed by atoms with E-state index in [1.807, 2.05) is 31.2 Å². The Morgan fingerprint density at radius 3 is 2.19 bits per heavy atom. The Labute approximate surface area is 142 Å². The predicted octanol–water partition coefficient (Wildman–Crippen LogP) is 4.17. The Balaban J connectivity index is 2.04. The molecule has 0 saturated carbocycles. The molecule has 0 spiro atoms. The van der Waals surface area contributed by atoms with Crippen LogP contribution < -0.4 is 4.72 Å². The maximum absolute atomic E-state index is 12.2. The van der Waals surface area contributed by atoms with E-state index in [1.54, 1.807) is 24.3 Å². The lowest BCUT2D eigenvalue weighted by molar-refractivity contribution is 0.581. The molecule has 0 amide bonds. The molecule has 0 aliphatic rings. The zero-order chi connectivity index (χ0) is 15.5. The van der Waals surface area contributed by atoms with Crippen LogP contribution in [0.15, 0.2) is 57.9 Å². The summed E-state index contributed by atoms with van der Waals surface area (Å²) in [7, 11) is -3.48. The summed E-state index contributed by atoms with van der Waals surface area (Å²) in [4.78, 5) is 0.203. The molecule has 1 N–H and O–H groups in total. The predicted molar refractivity (Wildman–Crippen MR) is 92.2 cm³/mol. The summed E-state index contributed by atoms with van der Waals surface area (Å²) in [5, 5.41) is 0. The summed E-state index contributed by atoms with van der Waals surface area (Å²) in [6, 6.07) is 14.5. The van der Waals surface area contributed by atoms with Gasteiger partial charge >= 0.3 is 0 Å². The standard InChI is InChI=1S/C15H15Br2NO2S/c1-11-2-8-14(9-3-11)21(19,20)18-10-15(17)12-4-6-13(16)7-5-12/h2-9,15,18H,10H2,1H3. The van der Waals surface area contributed by atoms with Gasteiger partial charge in [-0.1, -0.05) is 61.7 Å². The second-order valence-corrected chi connectivity index (χ2v) is 8.47. The Hall–Kier alpha value is -0.690. The van der Waals surface area contributed by atoms with Crippen molar-refractivity contribution >= 4 is 41.9 Å². The van der Waals surface area contributed by atoms with Crippen molar-refractivity contribution in [3.05, 3.63) is 64.1 Å². The van der Waals surface area contributed by atoms with Gasteiger partial charge in [0.25, 0.3) is 0 Å². The highest BCUT2D eigenvalue weighted by atomic mass is 79.9. The molecule has 2 aromatic rings. The van der Waals surface area contributed by atoms with Gasteiger partial charge in [-0.2, -0.15) is 0 Å². The number of hydrogen-bond acceptors (Lipinski definition) is 2. The third-order valence-electron chi connectivity index (χ3n) is 3.02. The maximum atomic E-state index is 12.2. The molecule has 3 nitrogen and oxygen atoms in total. The van der Waals surface area contributed by atoms with Crippen LogP contribution in [0.2, 0.25) is 0 Å². The van der Waals surface area contributed by atoms with Crippen LogP contribution in [-0.2, 0) is 10.0 Å². The fourth-order valence-electron chi connectivity index (χ4n) is 1.77. The topological polar surface area (TPSA) is 46.2 Å². The van der Waals surface area contributed by atoms with Gasteiger partial charge in [-0.15, -0.1) is 0 Å². The lowest BCUT2D eigenvalue weighted by Gasteiger charge is -2.12. The van der Waals surface area contributed by atoms with Gasteiger partial charge in [-0.25, -0.2) is 13.1 Å². The van der Waals surface area contributed by atoms with Gasteiger partial charge in [-0.05, 0) is 36.8 Å². The van der Waals surface area contributed by atoms with Crippen molar-refractivity contribution in [3.63, 3.8) is 0 Å². The maximum Gasteiger partial charge on any atom is 0.240 e.